The molecule has 19 heavy (non-hydrogen) atoms. The summed E-state index contributed by atoms with van der Waals surface area (Å²) in [6, 6.07) is 4.51. The van der Waals surface area contributed by atoms with Crippen molar-refractivity contribution < 1.29 is 17.9 Å². The summed E-state index contributed by atoms with van der Waals surface area (Å²) in [6.07, 6.45) is 0. The van der Waals surface area contributed by atoms with Gasteiger partial charge in [0.2, 0.25) is 5.13 Å². The second-order valence-electron chi connectivity index (χ2n) is 3.37. The van der Waals surface area contributed by atoms with Crippen molar-refractivity contribution in [1.82, 2.24) is 10.2 Å². The minimum absolute atomic E-state index is 0.0236. The van der Waals surface area contributed by atoms with Crippen molar-refractivity contribution in [1.29, 1.82) is 0 Å². The van der Waals surface area contributed by atoms with Crippen LogP contribution >= 0.6 is 11.3 Å². The van der Waals surface area contributed by atoms with Crippen LogP contribution in [0.4, 0.5) is 5.13 Å². The zero-order valence-corrected chi connectivity index (χ0v) is 11.8. The number of sulfonamides is 1. The normalized spacial score (nSPS) is 11.1. The molecule has 9 heteroatoms. The molecule has 0 amide bonds. The molecule has 0 radical (unpaired) electrons. The number of hydrogen-bond acceptors (Lipinski definition) is 7. The highest BCUT2D eigenvalue weighted by Crippen LogP contribution is 2.29. The van der Waals surface area contributed by atoms with Crippen molar-refractivity contribution in [2.45, 2.75) is 4.90 Å². The maximum absolute atomic E-state index is 12.2. The SMILES string of the molecule is COc1ccc(OC)c(S(=O)(=O)Nc2nncs2)c1. The van der Waals surface area contributed by atoms with Crippen LogP contribution < -0.4 is 14.2 Å². The van der Waals surface area contributed by atoms with Gasteiger partial charge in [0.1, 0.15) is 21.9 Å². The van der Waals surface area contributed by atoms with Crippen LogP contribution in [0.25, 0.3) is 0 Å². The minimum atomic E-state index is -3.81. The Morgan fingerprint density at radius 2 is 2.05 bits per heavy atom. The van der Waals surface area contributed by atoms with Crippen LogP contribution in [0.5, 0.6) is 11.5 Å². The highest BCUT2D eigenvalue weighted by atomic mass is 32.2. The zero-order valence-electron chi connectivity index (χ0n) is 10.2. The van der Waals surface area contributed by atoms with Crippen molar-refractivity contribution in [3.05, 3.63) is 23.7 Å². The second kappa shape index (κ2) is 5.41. The summed E-state index contributed by atoms with van der Waals surface area (Å²) in [5.74, 6) is 0.635. The van der Waals surface area contributed by atoms with Crippen LogP contribution in [0.15, 0.2) is 28.6 Å². The second-order valence-corrected chi connectivity index (χ2v) is 5.85. The third kappa shape index (κ3) is 2.93. The first-order valence-electron chi connectivity index (χ1n) is 5.08. The van der Waals surface area contributed by atoms with Crippen molar-refractivity contribution >= 4 is 26.5 Å². The molecule has 1 heterocycles. The smallest absolute Gasteiger partial charge is 0.267 e. The number of rotatable bonds is 5. The molecule has 1 N–H and O–H groups in total. The van der Waals surface area contributed by atoms with E-state index in [9.17, 15) is 8.42 Å². The first-order valence-corrected chi connectivity index (χ1v) is 7.44. The predicted molar refractivity (Wildman–Crippen MR) is 70.3 cm³/mol. The Kier molecular flexibility index (Phi) is 3.86. The van der Waals surface area contributed by atoms with Gasteiger partial charge in [0.15, 0.2) is 0 Å². The number of ether oxygens (including phenoxy) is 2. The number of nitrogens with one attached hydrogen (secondary N) is 1. The minimum Gasteiger partial charge on any atom is -0.497 e. The Labute approximate surface area is 114 Å². The molecule has 0 aliphatic rings. The molecule has 0 fully saturated rings. The average Bonchev–Trinajstić information content (AvgIpc) is 2.90. The Bertz CT molecular complexity index is 655. The summed E-state index contributed by atoms with van der Waals surface area (Å²) in [5.41, 5.74) is 1.43. The molecule has 2 aromatic rings. The molecule has 0 unspecified atom stereocenters. The van der Waals surface area contributed by atoms with Gasteiger partial charge in [-0.1, -0.05) is 11.3 Å². The quantitative estimate of drug-likeness (QED) is 0.896. The van der Waals surface area contributed by atoms with E-state index in [-0.39, 0.29) is 15.8 Å². The van der Waals surface area contributed by atoms with Crippen LogP contribution in [0, 0.1) is 0 Å². The predicted octanol–water partition coefficient (Wildman–Crippen LogP) is 1.36. The maximum atomic E-state index is 12.2. The molecule has 0 aliphatic heterocycles. The number of benzene rings is 1. The van der Waals surface area contributed by atoms with Gasteiger partial charge in [0, 0.05) is 6.07 Å². The van der Waals surface area contributed by atoms with Gasteiger partial charge >= 0.3 is 0 Å². The van der Waals surface area contributed by atoms with E-state index >= 15 is 0 Å². The maximum Gasteiger partial charge on any atom is 0.267 e. The third-order valence-electron chi connectivity index (χ3n) is 2.24. The largest absolute Gasteiger partial charge is 0.497 e. The zero-order chi connectivity index (χ0) is 13.9. The fraction of sp³-hybridized carbons (Fsp3) is 0.200. The van der Waals surface area contributed by atoms with E-state index in [4.69, 9.17) is 9.47 Å². The Morgan fingerprint density at radius 3 is 2.63 bits per heavy atom. The van der Waals surface area contributed by atoms with Gasteiger partial charge in [-0.2, -0.15) is 0 Å². The number of nitrogens with zero attached hydrogens (tertiary/aromatic N) is 2. The van der Waals surface area contributed by atoms with Gasteiger partial charge in [-0.3, -0.25) is 4.72 Å². The highest BCUT2D eigenvalue weighted by molar-refractivity contribution is 7.93. The average molecular weight is 301 g/mol. The molecule has 2 rings (SSSR count). The van der Waals surface area contributed by atoms with E-state index in [1.807, 2.05) is 0 Å². The van der Waals surface area contributed by atoms with Gasteiger partial charge in [0.05, 0.1) is 14.2 Å². The van der Waals surface area contributed by atoms with E-state index in [1.54, 1.807) is 6.07 Å². The summed E-state index contributed by atoms with van der Waals surface area (Å²) < 4.78 is 36.9. The molecule has 0 saturated carbocycles. The van der Waals surface area contributed by atoms with Gasteiger partial charge in [-0.15, -0.1) is 10.2 Å². The molecule has 7 nitrogen and oxygen atoms in total. The molecule has 0 saturated heterocycles. The van der Waals surface area contributed by atoms with Crippen LogP contribution in [0.2, 0.25) is 0 Å². The molecule has 1 aromatic carbocycles. The number of aromatic nitrogens is 2. The lowest BCUT2D eigenvalue weighted by Gasteiger charge is -2.11. The molecule has 0 atom stereocenters. The topological polar surface area (TPSA) is 90.4 Å². The van der Waals surface area contributed by atoms with Crippen molar-refractivity contribution in [3.63, 3.8) is 0 Å². The number of hydrogen-bond donors (Lipinski definition) is 1. The molecule has 102 valence electrons. The van der Waals surface area contributed by atoms with Gasteiger partial charge < -0.3 is 9.47 Å². The monoisotopic (exact) mass is 301 g/mol. The van der Waals surface area contributed by atoms with Gasteiger partial charge in [-0.05, 0) is 12.1 Å². The standard InChI is InChI=1S/C10H11N3O4S2/c1-16-7-3-4-8(17-2)9(5-7)19(14,15)13-10-12-11-6-18-10/h3-6H,1-2H3,(H,12,13). The lowest BCUT2D eigenvalue weighted by Crippen LogP contribution is -2.14. The Hall–Kier alpha value is -1.87. The van der Waals surface area contributed by atoms with E-state index < -0.39 is 10.0 Å². The van der Waals surface area contributed by atoms with E-state index in [2.05, 4.69) is 14.9 Å². The van der Waals surface area contributed by atoms with Crippen LogP contribution in [-0.4, -0.2) is 32.8 Å². The van der Waals surface area contributed by atoms with Gasteiger partial charge in [0.25, 0.3) is 10.0 Å². The van der Waals surface area contributed by atoms with E-state index in [0.717, 1.165) is 11.3 Å². The summed E-state index contributed by atoms with van der Waals surface area (Å²) in [7, 11) is -0.956. The Morgan fingerprint density at radius 1 is 1.26 bits per heavy atom. The molecule has 0 bridgehead atoms. The Balaban J connectivity index is 2.43. The lowest BCUT2D eigenvalue weighted by atomic mass is 10.3. The third-order valence-corrected chi connectivity index (χ3v) is 4.34. The molecular weight excluding hydrogens is 290 g/mol. The van der Waals surface area contributed by atoms with Gasteiger partial charge in [-0.25, -0.2) is 8.42 Å². The fourth-order valence-corrected chi connectivity index (χ4v) is 3.26. The van der Waals surface area contributed by atoms with Crippen LogP contribution in [0.3, 0.4) is 0 Å². The molecule has 0 spiro atoms. The fourth-order valence-electron chi connectivity index (χ4n) is 1.38. The van der Waals surface area contributed by atoms with Crippen LogP contribution in [0.1, 0.15) is 0 Å². The van der Waals surface area contributed by atoms with Crippen molar-refractivity contribution in [2.24, 2.45) is 0 Å². The molecule has 0 aliphatic carbocycles. The van der Waals surface area contributed by atoms with Crippen molar-refractivity contribution in [2.75, 3.05) is 18.9 Å². The summed E-state index contributed by atoms with van der Waals surface area (Å²) in [4.78, 5) is -0.0236. The number of methoxy groups -OCH3 is 2. The number of anilines is 1. The first kappa shape index (κ1) is 13.6. The lowest BCUT2D eigenvalue weighted by molar-refractivity contribution is 0.392. The summed E-state index contributed by atoms with van der Waals surface area (Å²) >= 11 is 1.08. The van der Waals surface area contributed by atoms with E-state index in [1.165, 1.54) is 31.9 Å². The highest BCUT2D eigenvalue weighted by Gasteiger charge is 2.21. The van der Waals surface area contributed by atoms with E-state index in [0.29, 0.717) is 5.75 Å². The van der Waals surface area contributed by atoms with Crippen molar-refractivity contribution in [3.8, 4) is 11.5 Å². The molecular formula is C10H11N3O4S2. The summed E-state index contributed by atoms with van der Waals surface area (Å²) in [6.45, 7) is 0. The molecule has 1 aromatic heterocycles. The summed E-state index contributed by atoms with van der Waals surface area (Å²) in [5, 5.41) is 7.38. The first-order chi connectivity index (χ1) is 9.06. The van der Waals surface area contributed by atoms with Crippen LogP contribution in [-0.2, 0) is 10.0 Å².